The number of nitrogens with one attached hydrogen (secondary N) is 1. The summed E-state index contributed by atoms with van der Waals surface area (Å²) in [5.41, 5.74) is 2.43. The molecule has 0 aliphatic carbocycles. The predicted octanol–water partition coefficient (Wildman–Crippen LogP) is 3.93. The number of aromatic nitrogens is 2. The van der Waals surface area contributed by atoms with E-state index in [0.29, 0.717) is 6.04 Å². The average molecular weight is 382 g/mol. The predicted molar refractivity (Wildman–Crippen MR) is 114 cm³/mol. The van der Waals surface area contributed by atoms with Crippen molar-refractivity contribution in [2.45, 2.75) is 25.4 Å². The van der Waals surface area contributed by atoms with Gasteiger partial charge in [-0.25, -0.2) is 9.97 Å². The quantitative estimate of drug-likeness (QED) is 0.701. The molecule has 0 amide bonds. The topological polar surface area (TPSA) is 44.3 Å². The van der Waals surface area contributed by atoms with Crippen LogP contribution < -0.4 is 5.32 Å². The number of benzene rings is 1. The van der Waals surface area contributed by atoms with Crippen LogP contribution in [0.25, 0.3) is 21.3 Å². The maximum Gasteiger partial charge on any atom is 0.146 e. The zero-order chi connectivity index (χ0) is 18.8. The maximum absolute atomic E-state index is 4.91. The zero-order valence-electron chi connectivity index (χ0n) is 16.3. The smallest absolute Gasteiger partial charge is 0.146 e. The molecule has 27 heavy (non-hydrogen) atoms. The van der Waals surface area contributed by atoms with E-state index in [1.165, 1.54) is 30.5 Å². The minimum absolute atomic E-state index is 0.575. The second kappa shape index (κ2) is 7.92. The van der Waals surface area contributed by atoms with E-state index in [2.05, 4.69) is 72.0 Å². The molecule has 0 radical (unpaired) electrons. The third-order valence-corrected chi connectivity index (χ3v) is 6.07. The van der Waals surface area contributed by atoms with Gasteiger partial charge in [-0.3, -0.25) is 0 Å². The van der Waals surface area contributed by atoms with E-state index >= 15 is 0 Å². The molecule has 3 aromatic rings. The molecule has 0 spiro atoms. The summed E-state index contributed by atoms with van der Waals surface area (Å²) in [6.45, 7) is 2.85. The Morgan fingerprint density at radius 2 is 2.04 bits per heavy atom. The second-order valence-electron chi connectivity index (χ2n) is 7.58. The van der Waals surface area contributed by atoms with Crippen LogP contribution in [0.4, 0.5) is 5.82 Å². The van der Waals surface area contributed by atoms with Crippen LogP contribution in [-0.4, -0.2) is 60.0 Å². The van der Waals surface area contributed by atoms with Crippen LogP contribution in [0, 0.1) is 0 Å². The molecule has 3 heterocycles. The van der Waals surface area contributed by atoms with Gasteiger partial charge in [-0.15, -0.1) is 11.3 Å². The number of fused-ring (bicyclic) bond motifs is 1. The molecule has 4 rings (SSSR count). The van der Waals surface area contributed by atoms with Crippen molar-refractivity contribution in [3.05, 3.63) is 41.5 Å². The summed E-state index contributed by atoms with van der Waals surface area (Å²) in [4.78, 5) is 15.4. The van der Waals surface area contributed by atoms with Crippen LogP contribution in [0.15, 0.2) is 35.7 Å². The minimum Gasteiger partial charge on any atom is -0.368 e. The van der Waals surface area contributed by atoms with Crippen LogP contribution in [-0.2, 0) is 6.54 Å². The monoisotopic (exact) mass is 381 g/mol. The largest absolute Gasteiger partial charge is 0.368 e. The number of likely N-dealkylation sites (tertiary alicyclic amines) is 1. The summed E-state index contributed by atoms with van der Waals surface area (Å²) in [5.74, 6) is 1.84. The summed E-state index contributed by atoms with van der Waals surface area (Å²) in [6, 6.07) is 11.1. The summed E-state index contributed by atoms with van der Waals surface area (Å²) >= 11 is 1.70. The normalized spacial score (nSPS) is 17.9. The molecule has 0 saturated carbocycles. The van der Waals surface area contributed by atoms with E-state index in [1.807, 2.05) is 0 Å². The van der Waals surface area contributed by atoms with Crippen molar-refractivity contribution in [2.75, 3.05) is 39.5 Å². The van der Waals surface area contributed by atoms with Gasteiger partial charge in [0.15, 0.2) is 0 Å². The van der Waals surface area contributed by atoms with Crippen LogP contribution in [0.2, 0.25) is 0 Å². The Bertz CT molecular complexity index is 906. The van der Waals surface area contributed by atoms with Gasteiger partial charge in [0.2, 0.25) is 0 Å². The zero-order valence-corrected chi connectivity index (χ0v) is 17.1. The fourth-order valence-electron chi connectivity index (χ4n) is 3.75. The Morgan fingerprint density at radius 1 is 1.22 bits per heavy atom. The number of rotatable bonds is 6. The van der Waals surface area contributed by atoms with E-state index in [9.17, 15) is 0 Å². The maximum atomic E-state index is 4.91. The SMILES string of the molecule is CN(C)Cc1nc(NCC2CCCN2C)c2c(-c3ccccc3)csc2n1. The van der Waals surface area contributed by atoms with Gasteiger partial charge in [0.05, 0.1) is 11.9 Å². The van der Waals surface area contributed by atoms with Crippen molar-refractivity contribution in [1.29, 1.82) is 0 Å². The lowest BCUT2D eigenvalue weighted by atomic mass is 10.1. The van der Waals surface area contributed by atoms with Gasteiger partial charge in [-0.05, 0) is 46.1 Å². The molecule has 1 aliphatic rings. The van der Waals surface area contributed by atoms with E-state index in [0.717, 1.165) is 34.9 Å². The molecule has 6 heteroatoms. The summed E-state index contributed by atoms with van der Waals surface area (Å²) in [5, 5.41) is 7.02. The number of hydrogen-bond acceptors (Lipinski definition) is 6. The third-order valence-electron chi connectivity index (χ3n) is 5.20. The highest BCUT2D eigenvalue weighted by Gasteiger charge is 2.22. The fourth-order valence-corrected chi connectivity index (χ4v) is 4.72. The van der Waals surface area contributed by atoms with Gasteiger partial charge >= 0.3 is 0 Å². The third kappa shape index (κ3) is 3.98. The van der Waals surface area contributed by atoms with Crippen molar-refractivity contribution in [2.24, 2.45) is 0 Å². The highest BCUT2D eigenvalue weighted by molar-refractivity contribution is 7.17. The molecule has 1 unspecified atom stereocenters. The van der Waals surface area contributed by atoms with Crippen molar-refractivity contribution >= 4 is 27.4 Å². The molecular weight excluding hydrogens is 354 g/mol. The first-order valence-corrected chi connectivity index (χ1v) is 10.4. The Labute approximate surface area is 165 Å². The summed E-state index contributed by atoms with van der Waals surface area (Å²) in [6.07, 6.45) is 2.53. The van der Waals surface area contributed by atoms with Crippen molar-refractivity contribution < 1.29 is 0 Å². The molecule has 1 aliphatic heterocycles. The summed E-state index contributed by atoms with van der Waals surface area (Å²) < 4.78 is 0. The minimum atomic E-state index is 0.575. The van der Waals surface area contributed by atoms with Crippen LogP contribution in [0.5, 0.6) is 0 Å². The van der Waals surface area contributed by atoms with Gasteiger partial charge in [-0.1, -0.05) is 30.3 Å². The number of likely N-dealkylation sites (N-methyl/N-ethyl adjacent to an activating group) is 1. The van der Waals surface area contributed by atoms with Gasteiger partial charge in [0.25, 0.3) is 0 Å². The summed E-state index contributed by atoms with van der Waals surface area (Å²) in [7, 11) is 6.32. The second-order valence-corrected chi connectivity index (χ2v) is 8.44. The first-order valence-electron chi connectivity index (χ1n) is 9.54. The van der Waals surface area contributed by atoms with E-state index in [4.69, 9.17) is 9.97 Å². The van der Waals surface area contributed by atoms with Gasteiger partial charge in [0.1, 0.15) is 16.5 Å². The van der Waals surface area contributed by atoms with Gasteiger partial charge in [0, 0.05) is 23.5 Å². The Morgan fingerprint density at radius 3 is 2.74 bits per heavy atom. The standard InChI is InChI=1S/C21H27N5S/c1-25(2)13-18-23-20(22-12-16-10-7-11-26(16)3)19-17(14-27-21(19)24-18)15-8-5-4-6-9-15/h4-6,8-9,14,16H,7,10-13H2,1-3H3,(H,22,23,24). The first-order chi connectivity index (χ1) is 13.1. The van der Waals surface area contributed by atoms with E-state index < -0.39 is 0 Å². The van der Waals surface area contributed by atoms with Crippen LogP contribution in [0.3, 0.4) is 0 Å². The van der Waals surface area contributed by atoms with Gasteiger partial charge in [-0.2, -0.15) is 0 Å². The van der Waals surface area contributed by atoms with E-state index in [1.54, 1.807) is 11.3 Å². The first kappa shape index (κ1) is 18.3. The average Bonchev–Trinajstić information content (AvgIpc) is 3.26. The number of nitrogens with zero attached hydrogens (tertiary/aromatic N) is 4. The highest BCUT2D eigenvalue weighted by Crippen LogP contribution is 2.37. The molecule has 142 valence electrons. The Kier molecular flexibility index (Phi) is 5.38. The molecule has 1 atom stereocenters. The fraction of sp³-hybridized carbons (Fsp3) is 0.429. The molecule has 2 aromatic heterocycles. The molecule has 1 fully saturated rings. The highest BCUT2D eigenvalue weighted by atomic mass is 32.1. The lowest BCUT2D eigenvalue weighted by Gasteiger charge is -2.21. The molecule has 1 aromatic carbocycles. The lowest BCUT2D eigenvalue weighted by molar-refractivity contribution is 0.322. The van der Waals surface area contributed by atoms with Crippen molar-refractivity contribution in [1.82, 2.24) is 19.8 Å². The molecule has 1 N–H and O–H groups in total. The number of anilines is 1. The Balaban J connectivity index is 1.73. The van der Waals surface area contributed by atoms with E-state index in [-0.39, 0.29) is 0 Å². The van der Waals surface area contributed by atoms with Crippen LogP contribution >= 0.6 is 11.3 Å². The lowest BCUT2D eigenvalue weighted by Crippen LogP contribution is -2.31. The Hall–Kier alpha value is -2.02. The van der Waals surface area contributed by atoms with Crippen LogP contribution in [0.1, 0.15) is 18.7 Å². The number of thiophene rings is 1. The van der Waals surface area contributed by atoms with Crippen molar-refractivity contribution in [3.8, 4) is 11.1 Å². The van der Waals surface area contributed by atoms with Crippen molar-refractivity contribution in [3.63, 3.8) is 0 Å². The molecule has 5 nitrogen and oxygen atoms in total. The number of hydrogen-bond donors (Lipinski definition) is 1. The van der Waals surface area contributed by atoms with Gasteiger partial charge < -0.3 is 15.1 Å². The molecule has 0 bridgehead atoms. The molecular formula is C21H27N5S. The molecule has 1 saturated heterocycles.